The number of hydrogen-bond donors (Lipinski definition) is 1. The van der Waals surface area contributed by atoms with Crippen molar-refractivity contribution in [2.75, 3.05) is 24.3 Å². The largest absolute Gasteiger partial charge is 0.381 e. The summed E-state index contributed by atoms with van der Waals surface area (Å²) < 4.78 is 0. The van der Waals surface area contributed by atoms with Gasteiger partial charge in [0.1, 0.15) is 0 Å². The summed E-state index contributed by atoms with van der Waals surface area (Å²) in [5.74, 6) is 0. The lowest BCUT2D eigenvalue weighted by atomic mass is 10.1. The summed E-state index contributed by atoms with van der Waals surface area (Å²) in [4.78, 5) is 2.11. The summed E-state index contributed by atoms with van der Waals surface area (Å²) in [6.07, 6.45) is 1.06. The van der Waals surface area contributed by atoms with E-state index in [-0.39, 0.29) is 0 Å². The molecule has 2 nitrogen and oxygen atoms in total. The molecule has 0 aliphatic heterocycles. The molecular weight excluding hydrogens is 232 g/mol. The highest BCUT2D eigenvalue weighted by molar-refractivity contribution is 5.52. The van der Waals surface area contributed by atoms with Gasteiger partial charge < -0.3 is 10.2 Å². The zero-order chi connectivity index (χ0) is 13.7. The average molecular weight is 254 g/mol. The quantitative estimate of drug-likeness (QED) is 0.869. The van der Waals surface area contributed by atoms with Crippen LogP contribution in [0.1, 0.15) is 18.1 Å². The highest BCUT2D eigenvalue weighted by Gasteiger charge is 2.00. The maximum atomic E-state index is 3.52. The molecule has 0 saturated heterocycles. The fourth-order valence-corrected chi connectivity index (χ4v) is 2.11. The van der Waals surface area contributed by atoms with Crippen molar-refractivity contribution in [2.24, 2.45) is 0 Å². The van der Waals surface area contributed by atoms with Gasteiger partial charge in [0.05, 0.1) is 0 Å². The summed E-state index contributed by atoms with van der Waals surface area (Å²) in [5.41, 5.74) is 5.14. The lowest BCUT2D eigenvalue weighted by molar-refractivity contribution is 1.08. The second-order valence-electron chi connectivity index (χ2n) is 4.93. The summed E-state index contributed by atoms with van der Waals surface area (Å²) in [6, 6.07) is 17.2. The molecule has 0 fully saturated rings. The summed E-state index contributed by atoms with van der Waals surface area (Å²) in [7, 11) is 4.12. The SMILES string of the molecule is CCc1ccccc1NCc1ccc(N(C)C)cc1. The Bertz CT molecular complexity index is 515. The molecule has 19 heavy (non-hydrogen) atoms. The Balaban J connectivity index is 2.02. The molecule has 0 amide bonds. The van der Waals surface area contributed by atoms with Crippen molar-refractivity contribution in [3.63, 3.8) is 0 Å². The fraction of sp³-hybridized carbons (Fsp3) is 0.294. The lowest BCUT2D eigenvalue weighted by Crippen LogP contribution is -2.08. The predicted molar refractivity (Wildman–Crippen MR) is 83.9 cm³/mol. The topological polar surface area (TPSA) is 15.3 Å². The van der Waals surface area contributed by atoms with Gasteiger partial charge in [0.15, 0.2) is 0 Å². The van der Waals surface area contributed by atoms with Gasteiger partial charge in [-0.3, -0.25) is 0 Å². The molecule has 0 aliphatic rings. The molecule has 0 bridgehead atoms. The first kappa shape index (κ1) is 13.5. The van der Waals surface area contributed by atoms with Crippen LogP contribution in [-0.2, 0) is 13.0 Å². The molecule has 2 heteroatoms. The third-order valence-electron chi connectivity index (χ3n) is 3.33. The van der Waals surface area contributed by atoms with E-state index in [1.807, 2.05) is 0 Å². The number of anilines is 2. The van der Waals surface area contributed by atoms with Gasteiger partial charge >= 0.3 is 0 Å². The first-order valence-electron chi connectivity index (χ1n) is 6.78. The molecule has 0 unspecified atom stereocenters. The van der Waals surface area contributed by atoms with Crippen LogP contribution in [0.2, 0.25) is 0 Å². The highest BCUT2D eigenvalue weighted by Crippen LogP contribution is 2.17. The van der Waals surface area contributed by atoms with Crippen LogP contribution < -0.4 is 10.2 Å². The molecule has 2 rings (SSSR count). The average Bonchev–Trinajstić information content (AvgIpc) is 2.45. The van der Waals surface area contributed by atoms with Crippen molar-refractivity contribution in [3.8, 4) is 0 Å². The minimum absolute atomic E-state index is 0.866. The zero-order valence-electron chi connectivity index (χ0n) is 12.0. The molecular formula is C17H22N2. The van der Waals surface area contributed by atoms with Crippen LogP contribution in [0.15, 0.2) is 48.5 Å². The number of hydrogen-bond acceptors (Lipinski definition) is 2. The molecule has 0 aromatic heterocycles. The van der Waals surface area contributed by atoms with Crippen LogP contribution in [0, 0.1) is 0 Å². The Morgan fingerprint density at radius 1 is 0.947 bits per heavy atom. The van der Waals surface area contributed by atoms with Crippen molar-refractivity contribution in [1.29, 1.82) is 0 Å². The molecule has 100 valence electrons. The molecule has 0 heterocycles. The highest BCUT2D eigenvalue weighted by atomic mass is 15.1. The number of rotatable bonds is 5. The maximum Gasteiger partial charge on any atom is 0.0400 e. The van der Waals surface area contributed by atoms with Crippen molar-refractivity contribution >= 4 is 11.4 Å². The van der Waals surface area contributed by atoms with Gasteiger partial charge in [-0.15, -0.1) is 0 Å². The minimum Gasteiger partial charge on any atom is -0.381 e. The number of aryl methyl sites for hydroxylation is 1. The monoisotopic (exact) mass is 254 g/mol. The van der Waals surface area contributed by atoms with Gasteiger partial charge in [-0.05, 0) is 35.7 Å². The lowest BCUT2D eigenvalue weighted by Gasteiger charge is -2.14. The van der Waals surface area contributed by atoms with Gasteiger partial charge in [-0.2, -0.15) is 0 Å². The smallest absolute Gasteiger partial charge is 0.0400 e. The number of para-hydroxylation sites is 1. The van der Waals surface area contributed by atoms with Crippen LogP contribution in [0.25, 0.3) is 0 Å². The van der Waals surface area contributed by atoms with Crippen LogP contribution in [0.4, 0.5) is 11.4 Å². The van der Waals surface area contributed by atoms with Gasteiger partial charge in [-0.1, -0.05) is 37.3 Å². The summed E-state index contributed by atoms with van der Waals surface area (Å²) in [6.45, 7) is 3.05. The van der Waals surface area contributed by atoms with E-state index in [0.717, 1.165) is 13.0 Å². The predicted octanol–water partition coefficient (Wildman–Crippen LogP) is 3.93. The third kappa shape index (κ3) is 3.50. The molecule has 2 aromatic rings. The first-order chi connectivity index (χ1) is 9.20. The Hall–Kier alpha value is -1.96. The van der Waals surface area contributed by atoms with E-state index in [2.05, 4.69) is 79.8 Å². The Morgan fingerprint density at radius 2 is 1.63 bits per heavy atom. The summed E-state index contributed by atoms with van der Waals surface area (Å²) in [5, 5.41) is 3.52. The fourth-order valence-electron chi connectivity index (χ4n) is 2.11. The second-order valence-corrected chi connectivity index (χ2v) is 4.93. The standard InChI is InChI=1S/C17H22N2/c1-4-15-7-5-6-8-17(15)18-13-14-9-11-16(12-10-14)19(2)3/h5-12,18H,4,13H2,1-3H3. The Kier molecular flexibility index (Phi) is 4.45. The second kappa shape index (κ2) is 6.28. The van der Waals surface area contributed by atoms with Crippen molar-refractivity contribution < 1.29 is 0 Å². The minimum atomic E-state index is 0.866. The van der Waals surface area contributed by atoms with Crippen LogP contribution in [0.5, 0.6) is 0 Å². The van der Waals surface area contributed by atoms with E-state index in [0.29, 0.717) is 0 Å². The van der Waals surface area contributed by atoms with Crippen LogP contribution in [0.3, 0.4) is 0 Å². The Labute approximate surface area is 116 Å². The van der Waals surface area contributed by atoms with Gasteiger partial charge in [0, 0.05) is 32.0 Å². The van der Waals surface area contributed by atoms with E-state index in [9.17, 15) is 0 Å². The molecule has 0 atom stereocenters. The maximum absolute atomic E-state index is 3.52. The van der Waals surface area contributed by atoms with E-state index < -0.39 is 0 Å². The first-order valence-corrected chi connectivity index (χ1v) is 6.78. The number of nitrogens with one attached hydrogen (secondary N) is 1. The molecule has 0 saturated carbocycles. The molecule has 0 spiro atoms. The van der Waals surface area contributed by atoms with E-state index in [1.165, 1.54) is 22.5 Å². The van der Waals surface area contributed by atoms with E-state index in [4.69, 9.17) is 0 Å². The van der Waals surface area contributed by atoms with Crippen LogP contribution >= 0.6 is 0 Å². The zero-order valence-corrected chi connectivity index (χ0v) is 12.0. The van der Waals surface area contributed by atoms with E-state index in [1.54, 1.807) is 0 Å². The van der Waals surface area contributed by atoms with Gasteiger partial charge in [0.25, 0.3) is 0 Å². The molecule has 2 aromatic carbocycles. The van der Waals surface area contributed by atoms with Crippen molar-refractivity contribution in [2.45, 2.75) is 19.9 Å². The normalized spacial score (nSPS) is 10.3. The Morgan fingerprint density at radius 3 is 2.26 bits per heavy atom. The number of nitrogens with zero attached hydrogens (tertiary/aromatic N) is 1. The van der Waals surface area contributed by atoms with Gasteiger partial charge in [0.2, 0.25) is 0 Å². The molecule has 1 N–H and O–H groups in total. The number of benzene rings is 2. The molecule has 0 radical (unpaired) electrons. The van der Waals surface area contributed by atoms with E-state index >= 15 is 0 Å². The summed E-state index contributed by atoms with van der Waals surface area (Å²) >= 11 is 0. The third-order valence-corrected chi connectivity index (χ3v) is 3.33. The van der Waals surface area contributed by atoms with Gasteiger partial charge in [-0.25, -0.2) is 0 Å². The van der Waals surface area contributed by atoms with Crippen LogP contribution in [-0.4, -0.2) is 14.1 Å². The molecule has 0 aliphatic carbocycles. The van der Waals surface area contributed by atoms with Crippen molar-refractivity contribution in [1.82, 2.24) is 0 Å². The van der Waals surface area contributed by atoms with Crippen molar-refractivity contribution in [3.05, 3.63) is 59.7 Å².